The summed E-state index contributed by atoms with van der Waals surface area (Å²) in [6.07, 6.45) is 1.06. The highest BCUT2D eigenvalue weighted by Gasteiger charge is 2.58. The molecule has 2 aromatic rings. The number of benzene rings is 2. The Bertz CT molecular complexity index is 1750. The second kappa shape index (κ2) is 20.9. The minimum atomic E-state index is -5.66. The van der Waals surface area contributed by atoms with Gasteiger partial charge in [-0.1, -0.05) is 61.4 Å². The Kier molecular flexibility index (Phi) is 17.3. The first-order valence-corrected chi connectivity index (χ1v) is 21.2. The van der Waals surface area contributed by atoms with E-state index in [0.29, 0.717) is 38.8 Å². The van der Waals surface area contributed by atoms with E-state index < -0.39 is 81.8 Å². The molecular formula is C36H48F2N2O14P2. The first-order valence-electron chi connectivity index (χ1n) is 17.9. The molecule has 2 amide bonds. The molecule has 0 spiro atoms. The summed E-state index contributed by atoms with van der Waals surface area (Å²) < 4.78 is 70.2. The fourth-order valence-electron chi connectivity index (χ4n) is 5.86. The Morgan fingerprint density at radius 2 is 1.64 bits per heavy atom. The first-order chi connectivity index (χ1) is 26.3. The van der Waals surface area contributed by atoms with Gasteiger partial charge in [0.15, 0.2) is 6.10 Å². The van der Waals surface area contributed by atoms with Gasteiger partial charge in [-0.15, -0.1) is 0 Å². The van der Waals surface area contributed by atoms with Crippen LogP contribution in [0.3, 0.4) is 0 Å². The Morgan fingerprint density at radius 3 is 2.30 bits per heavy atom. The van der Waals surface area contributed by atoms with Crippen molar-refractivity contribution in [1.29, 1.82) is 0 Å². The van der Waals surface area contributed by atoms with Gasteiger partial charge in [0.2, 0.25) is 5.91 Å². The van der Waals surface area contributed by atoms with Gasteiger partial charge in [-0.3, -0.25) is 23.5 Å². The fraction of sp³-hybridized carbons (Fsp3) is 0.500. The molecule has 0 aromatic heterocycles. The molecule has 0 bridgehead atoms. The Hall–Kier alpha value is -4.02. The van der Waals surface area contributed by atoms with Crippen LogP contribution in [0.25, 0.3) is 0 Å². The lowest BCUT2D eigenvalue weighted by Crippen LogP contribution is -2.36. The van der Waals surface area contributed by atoms with E-state index in [1.807, 2.05) is 0 Å². The highest BCUT2D eigenvalue weighted by molar-refractivity contribution is 7.72. The van der Waals surface area contributed by atoms with E-state index in [-0.39, 0.29) is 29.6 Å². The number of rotatable bonds is 22. The molecule has 56 heavy (non-hydrogen) atoms. The molecular weight excluding hydrogens is 784 g/mol. The molecule has 1 aliphatic heterocycles. The zero-order chi connectivity index (χ0) is 41.6. The predicted molar refractivity (Wildman–Crippen MR) is 196 cm³/mol. The van der Waals surface area contributed by atoms with Crippen LogP contribution in [0.1, 0.15) is 75.8 Å². The van der Waals surface area contributed by atoms with Gasteiger partial charge in [-0.2, -0.15) is 8.78 Å². The molecule has 1 aliphatic rings. The number of nitrogens with one attached hydrogen (secondary N) is 1. The summed E-state index contributed by atoms with van der Waals surface area (Å²) in [5, 5.41) is 8.49. The Balaban J connectivity index is 1.63. The number of amides is 2. The topological polar surface area (TPSA) is 247 Å². The largest absolute Gasteiger partial charge is 0.466 e. The van der Waals surface area contributed by atoms with Crippen LogP contribution in [-0.2, 0) is 45.3 Å². The zero-order valence-corrected chi connectivity index (χ0v) is 32.5. The van der Waals surface area contributed by atoms with Crippen molar-refractivity contribution in [3.05, 3.63) is 77.9 Å². The number of carbonyl (C=O) groups is 4. The minimum absolute atomic E-state index is 0.0919. The van der Waals surface area contributed by atoms with E-state index in [9.17, 15) is 53.0 Å². The number of halogens is 2. The maximum absolute atomic E-state index is 15.9. The van der Waals surface area contributed by atoms with E-state index in [1.165, 1.54) is 54.6 Å². The predicted octanol–water partition coefficient (Wildman–Crippen LogP) is 4.86. The zero-order valence-electron chi connectivity index (χ0n) is 30.7. The van der Waals surface area contributed by atoms with Gasteiger partial charge in [-0.05, 0) is 56.4 Å². The number of hydrogen-bond acceptors (Lipinski definition) is 10. The number of aliphatic hydroxyl groups is 1. The molecule has 16 nitrogen and oxygen atoms in total. The number of carbonyl (C=O) groups excluding carboxylic acids is 4. The molecule has 6 N–H and O–H groups in total. The number of hydrogen-bond donors (Lipinski definition) is 6. The van der Waals surface area contributed by atoms with Gasteiger partial charge in [0.25, 0.3) is 5.08 Å². The molecule has 20 heteroatoms. The molecule has 1 heterocycles. The molecule has 1 saturated heterocycles. The van der Waals surface area contributed by atoms with Crippen LogP contribution in [0.4, 0.5) is 13.6 Å². The van der Waals surface area contributed by atoms with E-state index in [1.54, 1.807) is 17.9 Å². The number of esters is 2. The summed E-state index contributed by atoms with van der Waals surface area (Å²) in [6, 6.07) is 11.8. The third-order valence-corrected chi connectivity index (χ3v) is 12.7. The average Bonchev–Trinajstić information content (AvgIpc) is 3.47. The fourth-order valence-corrected chi connectivity index (χ4v) is 8.12. The normalized spacial score (nSPS) is 15.8. The van der Waals surface area contributed by atoms with E-state index in [2.05, 4.69) is 5.32 Å². The van der Waals surface area contributed by atoms with Crippen LogP contribution >= 0.6 is 15.2 Å². The molecule has 0 aliphatic carbocycles. The lowest BCUT2D eigenvalue weighted by Gasteiger charge is -2.29. The van der Waals surface area contributed by atoms with Gasteiger partial charge >= 0.3 is 39.1 Å². The number of ether oxygens (including phenoxy) is 3. The monoisotopic (exact) mass is 832 g/mol. The van der Waals surface area contributed by atoms with Crippen LogP contribution in [0.2, 0.25) is 0 Å². The first kappa shape index (κ1) is 46.4. The van der Waals surface area contributed by atoms with Gasteiger partial charge in [-0.25, -0.2) is 4.79 Å². The molecule has 0 saturated carbocycles. The molecule has 0 radical (unpaired) electrons. The van der Waals surface area contributed by atoms with E-state index in [4.69, 9.17) is 14.2 Å². The molecule has 3 rings (SSSR count). The highest BCUT2D eigenvalue weighted by Crippen LogP contribution is 2.69. The summed E-state index contributed by atoms with van der Waals surface area (Å²) in [5.41, 5.74) is -0.187. The standard InChI is InChI=1S/C36H48F2N2O14P2/c1-2-52-32(42)16-8-3-4-9-23-40-28(18-20-31(40)41)17-19-30(36(37,38)27-13-6-5-7-14-27)54-33(43)25-26-12-10-15-29(24-26)53-34(44)39-22-11-21-35(45,55(46,47)48)56(49,50)51/h5-7,10,12-15,17,19,24,28,30,45H,2-4,8-9,11,16,18,20-23,25H2,1H3,(H,39,44)(H2,46,47,48)(H2,49,50,51)/b19-17+/t28-,30+/m0/s1. The number of likely N-dealkylation sites (tertiary alicyclic amines) is 1. The van der Waals surface area contributed by atoms with Crippen molar-refractivity contribution in [2.24, 2.45) is 0 Å². The molecule has 0 unspecified atom stereocenters. The molecule has 2 atom stereocenters. The van der Waals surface area contributed by atoms with Gasteiger partial charge in [0, 0.05) is 37.9 Å². The summed E-state index contributed by atoms with van der Waals surface area (Å²) in [6.45, 7) is 2.03. The lowest BCUT2D eigenvalue weighted by molar-refractivity contribution is -0.167. The second-order valence-corrected chi connectivity index (χ2v) is 17.1. The SMILES string of the molecule is CCOC(=O)CCCCCCN1C(=O)CC[C@@H]1/C=C/[C@@H](OC(=O)Cc1cccc(OC(=O)NCCCC(O)(P(=O)(O)O)P(=O)(O)O)c1)C(F)(F)c1ccccc1. The number of nitrogens with zero attached hydrogens (tertiary/aromatic N) is 1. The number of alkyl halides is 2. The maximum Gasteiger partial charge on any atom is 0.412 e. The Morgan fingerprint density at radius 1 is 0.964 bits per heavy atom. The highest BCUT2D eigenvalue weighted by atomic mass is 31.2. The van der Waals surface area contributed by atoms with Gasteiger partial charge in [0.1, 0.15) is 5.75 Å². The molecule has 1 fully saturated rings. The molecule has 310 valence electrons. The van der Waals surface area contributed by atoms with Gasteiger partial charge in [0.05, 0.1) is 19.1 Å². The van der Waals surface area contributed by atoms with E-state index >= 15 is 8.78 Å². The second-order valence-electron chi connectivity index (χ2n) is 13.1. The van der Waals surface area contributed by atoms with Crippen LogP contribution in [-0.4, -0.2) is 90.4 Å². The minimum Gasteiger partial charge on any atom is -0.466 e. The van der Waals surface area contributed by atoms with Crippen LogP contribution in [0.5, 0.6) is 5.75 Å². The van der Waals surface area contributed by atoms with Gasteiger partial charge < -0.3 is 49.1 Å². The van der Waals surface area contributed by atoms with Crippen molar-refractivity contribution >= 4 is 39.1 Å². The van der Waals surface area contributed by atoms with Crippen molar-refractivity contribution < 1.29 is 76.0 Å². The smallest absolute Gasteiger partial charge is 0.412 e. The third-order valence-electron chi connectivity index (χ3n) is 8.84. The summed E-state index contributed by atoms with van der Waals surface area (Å²) in [5.74, 6) is -5.19. The van der Waals surface area contributed by atoms with E-state index in [0.717, 1.165) is 18.9 Å². The summed E-state index contributed by atoms with van der Waals surface area (Å²) in [4.78, 5) is 88.1. The van der Waals surface area contributed by atoms with Crippen molar-refractivity contribution in [2.75, 3.05) is 19.7 Å². The quantitative estimate of drug-likeness (QED) is 0.0402. The lowest BCUT2D eigenvalue weighted by atomic mass is 10.0. The van der Waals surface area contributed by atoms with Crippen molar-refractivity contribution in [1.82, 2.24) is 10.2 Å². The maximum atomic E-state index is 15.9. The third kappa shape index (κ3) is 13.6. The van der Waals surface area contributed by atoms with Crippen molar-refractivity contribution in [2.45, 2.75) is 94.3 Å². The van der Waals surface area contributed by atoms with Crippen LogP contribution in [0.15, 0.2) is 66.7 Å². The average molecular weight is 833 g/mol. The number of unbranched alkanes of at least 4 members (excludes halogenated alkanes) is 3. The Labute approximate surface area is 322 Å². The van der Waals surface area contributed by atoms with Crippen molar-refractivity contribution in [3.8, 4) is 5.75 Å². The van der Waals surface area contributed by atoms with Crippen LogP contribution in [0, 0.1) is 0 Å². The van der Waals surface area contributed by atoms with Crippen molar-refractivity contribution in [3.63, 3.8) is 0 Å². The van der Waals surface area contributed by atoms with Crippen LogP contribution < -0.4 is 10.1 Å². The summed E-state index contributed by atoms with van der Waals surface area (Å²) >= 11 is 0. The molecule has 2 aromatic carbocycles. The summed E-state index contributed by atoms with van der Waals surface area (Å²) in [7, 11) is -11.3.